The average molecular weight is 265 g/mol. The standard InChI is InChI=1S/C14H21NO2.C2H6/c1-14(2,3)17-13(16)12(15)10-9-11-7-5-4-6-8-11;1-2/h4-8,12H,9-10,15H2,1-3H3;1-2H3. The minimum atomic E-state index is -0.547. The molecule has 3 heteroatoms. The molecule has 2 N–H and O–H groups in total. The normalized spacial score (nSPS) is 12.1. The maximum atomic E-state index is 11.6. The molecule has 0 fully saturated rings. The van der Waals surface area contributed by atoms with Gasteiger partial charge in [-0.25, -0.2) is 0 Å². The topological polar surface area (TPSA) is 52.3 Å². The van der Waals surface area contributed by atoms with E-state index >= 15 is 0 Å². The van der Waals surface area contributed by atoms with E-state index in [2.05, 4.69) is 0 Å². The molecule has 0 spiro atoms. The molecule has 0 saturated heterocycles. The van der Waals surface area contributed by atoms with Crippen molar-refractivity contribution in [1.29, 1.82) is 0 Å². The minimum Gasteiger partial charge on any atom is -0.459 e. The van der Waals surface area contributed by atoms with Crippen LogP contribution < -0.4 is 5.73 Å². The molecule has 0 saturated carbocycles. The van der Waals surface area contributed by atoms with Gasteiger partial charge >= 0.3 is 5.97 Å². The molecule has 0 bridgehead atoms. The molecule has 0 aliphatic heterocycles. The van der Waals surface area contributed by atoms with Crippen LogP contribution in [0.2, 0.25) is 0 Å². The molecule has 19 heavy (non-hydrogen) atoms. The Morgan fingerprint density at radius 3 is 2.21 bits per heavy atom. The summed E-state index contributed by atoms with van der Waals surface area (Å²) in [6.45, 7) is 9.53. The van der Waals surface area contributed by atoms with Gasteiger partial charge in [-0.15, -0.1) is 0 Å². The zero-order valence-corrected chi connectivity index (χ0v) is 12.8. The summed E-state index contributed by atoms with van der Waals surface area (Å²) in [6, 6.07) is 9.44. The highest BCUT2D eigenvalue weighted by molar-refractivity contribution is 5.75. The third-order valence-corrected chi connectivity index (χ3v) is 2.30. The summed E-state index contributed by atoms with van der Waals surface area (Å²) >= 11 is 0. The number of ether oxygens (including phenoxy) is 1. The molecule has 0 aliphatic rings. The molecule has 1 atom stereocenters. The molecule has 1 rings (SSSR count). The zero-order valence-electron chi connectivity index (χ0n) is 12.8. The second-order valence-electron chi connectivity index (χ2n) is 5.16. The summed E-state index contributed by atoms with van der Waals surface area (Å²) in [5.74, 6) is -0.326. The van der Waals surface area contributed by atoms with Crippen LogP contribution in [0.1, 0.15) is 46.6 Å². The number of carbonyl (C=O) groups excluding carboxylic acids is 1. The number of aryl methyl sites for hydroxylation is 1. The number of esters is 1. The summed E-state index contributed by atoms with van der Waals surface area (Å²) in [7, 11) is 0. The summed E-state index contributed by atoms with van der Waals surface area (Å²) in [6.07, 6.45) is 1.40. The van der Waals surface area contributed by atoms with Crippen LogP contribution >= 0.6 is 0 Å². The van der Waals surface area contributed by atoms with Crippen molar-refractivity contribution in [2.45, 2.75) is 59.1 Å². The average Bonchev–Trinajstić information content (AvgIpc) is 2.37. The number of hydrogen-bond donors (Lipinski definition) is 1. The highest BCUT2D eigenvalue weighted by Crippen LogP contribution is 2.10. The van der Waals surface area contributed by atoms with Gasteiger partial charge in [-0.1, -0.05) is 44.2 Å². The van der Waals surface area contributed by atoms with Crippen LogP contribution in [0.15, 0.2) is 30.3 Å². The van der Waals surface area contributed by atoms with E-state index < -0.39 is 11.6 Å². The third kappa shape index (κ3) is 8.38. The Kier molecular flexibility index (Phi) is 8.08. The molecular formula is C16H27NO2. The molecule has 0 heterocycles. The molecule has 0 aliphatic carbocycles. The van der Waals surface area contributed by atoms with Crippen molar-refractivity contribution in [3.05, 3.63) is 35.9 Å². The Bertz CT molecular complexity index is 355. The van der Waals surface area contributed by atoms with Gasteiger partial charge in [-0.2, -0.15) is 0 Å². The van der Waals surface area contributed by atoms with E-state index in [0.29, 0.717) is 6.42 Å². The largest absolute Gasteiger partial charge is 0.459 e. The van der Waals surface area contributed by atoms with Crippen LogP contribution in [-0.2, 0) is 16.0 Å². The molecule has 1 aromatic carbocycles. The highest BCUT2D eigenvalue weighted by atomic mass is 16.6. The van der Waals surface area contributed by atoms with Crippen molar-refractivity contribution < 1.29 is 9.53 Å². The van der Waals surface area contributed by atoms with E-state index in [9.17, 15) is 4.79 Å². The minimum absolute atomic E-state index is 0.326. The fourth-order valence-electron chi connectivity index (χ4n) is 1.46. The van der Waals surface area contributed by atoms with Crippen LogP contribution in [0, 0.1) is 0 Å². The fourth-order valence-corrected chi connectivity index (χ4v) is 1.46. The van der Waals surface area contributed by atoms with E-state index in [0.717, 1.165) is 6.42 Å². The lowest BCUT2D eigenvalue weighted by atomic mass is 10.1. The van der Waals surface area contributed by atoms with Gasteiger partial charge < -0.3 is 10.5 Å². The summed E-state index contributed by atoms with van der Waals surface area (Å²) < 4.78 is 5.22. The Labute approximate surface area is 117 Å². The van der Waals surface area contributed by atoms with Gasteiger partial charge in [0.25, 0.3) is 0 Å². The smallest absolute Gasteiger partial charge is 0.323 e. The van der Waals surface area contributed by atoms with Crippen LogP contribution in [0.3, 0.4) is 0 Å². The molecule has 0 aromatic heterocycles. The fraction of sp³-hybridized carbons (Fsp3) is 0.562. The quantitative estimate of drug-likeness (QED) is 0.850. The van der Waals surface area contributed by atoms with Crippen LogP contribution in [0.4, 0.5) is 0 Å². The molecule has 1 aromatic rings. The van der Waals surface area contributed by atoms with Crippen molar-refractivity contribution in [1.82, 2.24) is 0 Å². The zero-order chi connectivity index (χ0) is 14.9. The van der Waals surface area contributed by atoms with E-state index in [1.807, 2.05) is 65.0 Å². The predicted octanol–water partition coefficient (Wildman–Crippen LogP) is 3.31. The number of carbonyl (C=O) groups is 1. The first kappa shape index (κ1) is 17.6. The van der Waals surface area contributed by atoms with Gasteiger partial charge in [0.1, 0.15) is 11.6 Å². The molecule has 3 nitrogen and oxygen atoms in total. The highest BCUT2D eigenvalue weighted by Gasteiger charge is 2.21. The number of hydrogen-bond acceptors (Lipinski definition) is 3. The van der Waals surface area contributed by atoms with E-state index in [1.54, 1.807) is 0 Å². The SMILES string of the molecule is CC.CC(C)(C)OC(=O)C(N)CCc1ccccc1. The summed E-state index contributed by atoms with van der Waals surface area (Å²) in [5.41, 5.74) is 6.51. The Hall–Kier alpha value is -1.35. The molecule has 1 unspecified atom stereocenters. The molecule has 108 valence electrons. The van der Waals surface area contributed by atoms with Crippen LogP contribution in [0.25, 0.3) is 0 Å². The maximum Gasteiger partial charge on any atom is 0.323 e. The predicted molar refractivity (Wildman–Crippen MR) is 79.9 cm³/mol. The first-order valence-electron chi connectivity index (χ1n) is 6.91. The first-order valence-corrected chi connectivity index (χ1v) is 6.91. The van der Waals surface area contributed by atoms with Crippen molar-refractivity contribution in [2.75, 3.05) is 0 Å². The molecule has 0 radical (unpaired) electrons. The first-order chi connectivity index (χ1) is 8.88. The lowest BCUT2D eigenvalue weighted by Gasteiger charge is -2.22. The lowest BCUT2D eigenvalue weighted by Crippen LogP contribution is -2.37. The van der Waals surface area contributed by atoms with Crippen LogP contribution in [-0.4, -0.2) is 17.6 Å². The van der Waals surface area contributed by atoms with Crippen molar-refractivity contribution >= 4 is 5.97 Å². The summed E-state index contributed by atoms with van der Waals surface area (Å²) in [4.78, 5) is 11.6. The number of nitrogens with two attached hydrogens (primary N) is 1. The Morgan fingerprint density at radius 1 is 1.21 bits per heavy atom. The van der Waals surface area contributed by atoms with Crippen molar-refractivity contribution in [2.24, 2.45) is 5.73 Å². The lowest BCUT2D eigenvalue weighted by molar-refractivity contribution is -0.156. The van der Waals surface area contributed by atoms with Crippen molar-refractivity contribution in [3.63, 3.8) is 0 Å². The van der Waals surface area contributed by atoms with Crippen LogP contribution in [0.5, 0.6) is 0 Å². The van der Waals surface area contributed by atoms with Gasteiger partial charge in [-0.3, -0.25) is 4.79 Å². The van der Waals surface area contributed by atoms with Gasteiger partial charge in [0, 0.05) is 0 Å². The number of benzene rings is 1. The van der Waals surface area contributed by atoms with E-state index in [1.165, 1.54) is 5.56 Å². The summed E-state index contributed by atoms with van der Waals surface area (Å²) in [5, 5.41) is 0. The second kappa shape index (κ2) is 8.70. The molecule has 0 amide bonds. The van der Waals surface area contributed by atoms with Gasteiger partial charge in [0.05, 0.1) is 0 Å². The van der Waals surface area contributed by atoms with Gasteiger partial charge in [0.2, 0.25) is 0 Å². The monoisotopic (exact) mass is 265 g/mol. The van der Waals surface area contributed by atoms with Gasteiger partial charge in [-0.05, 0) is 39.2 Å². The van der Waals surface area contributed by atoms with Crippen molar-refractivity contribution in [3.8, 4) is 0 Å². The number of rotatable bonds is 4. The Morgan fingerprint density at radius 2 is 1.74 bits per heavy atom. The maximum absolute atomic E-state index is 11.6. The van der Waals surface area contributed by atoms with E-state index in [-0.39, 0.29) is 5.97 Å². The third-order valence-electron chi connectivity index (χ3n) is 2.30. The Balaban J connectivity index is 0.00000154. The molecular weight excluding hydrogens is 238 g/mol. The van der Waals surface area contributed by atoms with E-state index in [4.69, 9.17) is 10.5 Å². The second-order valence-corrected chi connectivity index (χ2v) is 5.16. The van der Waals surface area contributed by atoms with Gasteiger partial charge in [0.15, 0.2) is 0 Å².